The number of carboxylic acid groups (broad SMARTS) is 1. The number of nitrogens with one attached hydrogen (secondary N) is 1. The van der Waals surface area contributed by atoms with Gasteiger partial charge >= 0.3 is 5.97 Å². The molecule has 0 heterocycles. The van der Waals surface area contributed by atoms with Crippen LogP contribution >= 0.6 is 0 Å². The van der Waals surface area contributed by atoms with Crippen LogP contribution in [0.2, 0.25) is 0 Å². The standard InChI is InChI=1S/C13H22N2O3/c14-9-12(5-3-1-2-4-6-12)10(16)15-13(7-8-13)11(17)18/h1-9,14H2,(H,15,16)(H,17,18). The monoisotopic (exact) mass is 254 g/mol. The lowest BCUT2D eigenvalue weighted by atomic mass is 9.79. The number of nitrogens with two attached hydrogens (primary N) is 1. The van der Waals surface area contributed by atoms with Gasteiger partial charge in [0.2, 0.25) is 5.91 Å². The summed E-state index contributed by atoms with van der Waals surface area (Å²) in [6.07, 6.45) is 6.92. The minimum Gasteiger partial charge on any atom is -0.480 e. The third-order valence-corrected chi connectivity index (χ3v) is 4.45. The summed E-state index contributed by atoms with van der Waals surface area (Å²) < 4.78 is 0. The molecule has 0 aromatic carbocycles. The minimum absolute atomic E-state index is 0.146. The van der Waals surface area contributed by atoms with Crippen LogP contribution in [0.25, 0.3) is 0 Å². The molecule has 2 fully saturated rings. The Morgan fingerprint density at radius 2 is 1.61 bits per heavy atom. The topological polar surface area (TPSA) is 92.4 Å². The van der Waals surface area contributed by atoms with Crippen LogP contribution in [0.3, 0.4) is 0 Å². The van der Waals surface area contributed by atoms with Crippen molar-refractivity contribution in [2.24, 2.45) is 11.1 Å². The van der Waals surface area contributed by atoms with E-state index in [2.05, 4.69) is 5.32 Å². The third kappa shape index (κ3) is 2.36. The zero-order valence-electron chi connectivity index (χ0n) is 10.7. The second kappa shape index (κ2) is 4.88. The van der Waals surface area contributed by atoms with E-state index < -0.39 is 16.9 Å². The molecule has 0 spiro atoms. The highest BCUT2D eigenvalue weighted by Crippen LogP contribution is 2.39. The molecule has 102 valence electrons. The number of carboxylic acids is 1. The number of rotatable bonds is 4. The molecular formula is C13H22N2O3. The molecule has 0 radical (unpaired) electrons. The van der Waals surface area contributed by atoms with Gasteiger partial charge in [0.1, 0.15) is 5.54 Å². The van der Waals surface area contributed by atoms with Crippen molar-refractivity contribution < 1.29 is 14.7 Å². The van der Waals surface area contributed by atoms with E-state index in [9.17, 15) is 9.59 Å². The summed E-state index contributed by atoms with van der Waals surface area (Å²) >= 11 is 0. The number of carbonyl (C=O) groups excluding carboxylic acids is 1. The highest BCUT2D eigenvalue weighted by atomic mass is 16.4. The SMILES string of the molecule is NCC1(C(=O)NC2(C(=O)O)CC2)CCCCCC1. The van der Waals surface area contributed by atoms with Crippen molar-refractivity contribution >= 4 is 11.9 Å². The van der Waals surface area contributed by atoms with E-state index in [1.165, 1.54) is 0 Å². The maximum atomic E-state index is 12.4. The summed E-state index contributed by atoms with van der Waals surface area (Å²) in [5, 5.41) is 11.9. The van der Waals surface area contributed by atoms with Gasteiger partial charge in [-0.15, -0.1) is 0 Å². The Bertz CT molecular complexity index is 342. The van der Waals surface area contributed by atoms with Crippen molar-refractivity contribution in [1.82, 2.24) is 5.32 Å². The van der Waals surface area contributed by atoms with Gasteiger partial charge in [-0.3, -0.25) is 4.79 Å². The molecule has 0 aliphatic heterocycles. The van der Waals surface area contributed by atoms with Gasteiger partial charge in [-0.05, 0) is 25.7 Å². The van der Waals surface area contributed by atoms with Crippen LogP contribution in [0.15, 0.2) is 0 Å². The number of carbonyl (C=O) groups is 2. The minimum atomic E-state index is -0.994. The molecule has 0 bridgehead atoms. The number of aliphatic carboxylic acids is 1. The Hall–Kier alpha value is -1.10. The maximum absolute atomic E-state index is 12.4. The van der Waals surface area contributed by atoms with Gasteiger partial charge in [0, 0.05) is 6.54 Å². The molecule has 18 heavy (non-hydrogen) atoms. The summed E-state index contributed by atoms with van der Waals surface area (Å²) in [7, 11) is 0. The van der Waals surface area contributed by atoms with E-state index in [1.54, 1.807) is 0 Å². The highest BCUT2D eigenvalue weighted by molar-refractivity contribution is 5.92. The predicted octanol–water partition coefficient (Wildman–Crippen LogP) is 1.02. The smallest absolute Gasteiger partial charge is 0.329 e. The van der Waals surface area contributed by atoms with Crippen LogP contribution in [0.5, 0.6) is 0 Å². The first-order chi connectivity index (χ1) is 8.55. The summed E-state index contributed by atoms with van der Waals surface area (Å²) in [4.78, 5) is 23.5. The van der Waals surface area contributed by atoms with E-state index in [0.29, 0.717) is 19.4 Å². The van der Waals surface area contributed by atoms with E-state index in [4.69, 9.17) is 10.8 Å². The Morgan fingerprint density at radius 1 is 1.06 bits per heavy atom. The molecule has 2 aliphatic carbocycles. The molecule has 2 rings (SSSR count). The van der Waals surface area contributed by atoms with E-state index >= 15 is 0 Å². The molecule has 0 atom stereocenters. The number of hydrogen-bond acceptors (Lipinski definition) is 3. The first-order valence-electron chi connectivity index (χ1n) is 6.81. The first kappa shape index (κ1) is 13.3. The van der Waals surface area contributed by atoms with Crippen molar-refractivity contribution in [2.45, 2.75) is 56.9 Å². The van der Waals surface area contributed by atoms with E-state index in [-0.39, 0.29) is 5.91 Å². The van der Waals surface area contributed by atoms with Crippen LogP contribution in [0, 0.1) is 5.41 Å². The van der Waals surface area contributed by atoms with Crippen LogP contribution in [-0.2, 0) is 9.59 Å². The fraction of sp³-hybridized carbons (Fsp3) is 0.846. The second-order valence-electron chi connectivity index (χ2n) is 5.74. The highest BCUT2D eigenvalue weighted by Gasteiger charge is 2.53. The van der Waals surface area contributed by atoms with E-state index in [1.807, 2.05) is 0 Å². The van der Waals surface area contributed by atoms with Gasteiger partial charge in [-0.25, -0.2) is 4.79 Å². The van der Waals surface area contributed by atoms with Crippen molar-refractivity contribution in [3.63, 3.8) is 0 Å². The Morgan fingerprint density at radius 3 is 2.00 bits per heavy atom. The van der Waals surface area contributed by atoms with E-state index in [0.717, 1.165) is 38.5 Å². The first-order valence-corrected chi connectivity index (χ1v) is 6.81. The summed E-state index contributed by atoms with van der Waals surface area (Å²) in [6, 6.07) is 0. The number of hydrogen-bond donors (Lipinski definition) is 3. The van der Waals surface area contributed by atoms with Gasteiger partial charge in [0.15, 0.2) is 0 Å². The molecular weight excluding hydrogens is 232 g/mol. The van der Waals surface area contributed by atoms with Gasteiger partial charge < -0.3 is 16.2 Å². The molecule has 2 saturated carbocycles. The van der Waals surface area contributed by atoms with Gasteiger partial charge in [-0.1, -0.05) is 25.7 Å². The zero-order valence-corrected chi connectivity index (χ0v) is 10.7. The molecule has 0 saturated heterocycles. The molecule has 5 heteroatoms. The fourth-order valence-electron chi connectivity index (χ4n) is 2.80. The summed E-state index contributed by atoms with van der Waals surface area (Å²) in [5.41, 5.74) is 4.28. The quantitative estimate of drug-likeness (QED) is 0.653. The fourth-order valence-corrected chi connectivity index (χ4v) is 2.80. The Labute approximate surface area is 107 Å². The maximum Gasteiger partial charge on any atom is 0.329 e. The lowest BCUT2D eigenvalue weighted by Gasteiger charge is -2.31. The van der Waals surface area contributed by atoms with Crippen LogP contribution in [0.1, 0.15) is 51.4 Å². The van der Waals surface area contributed by atoms with Gasteiger partial charge in [0.05, 0.1) is 5.41 Å². The average molecular weight is 254 g/mol. The lowest BCUT2D eigenvalue weighted by molar-refractivity contribution is -0.145. The normalized spacial score (nSPS) is 24.9. The molecule has 2 aliphatic rings. The predicted molar refractivity (Wildman–Crippen MR) is 66.9 cm³/mol. The molecule has 0 unspecified atom stereocenters. The Balaban J connectivity index is 2.07. The van der Waals surface area contributed by atoms with Crippen molar-refractivity contribution in [3.8, 4) is 0 Å². The molecule has 0 aromatic rings. The van der Waals surface area contributed by atoms with Gasteiger partial charge in [-0.2, -0.15) is 0 Å². The van der Waals surface area contributed by atoms with Crippen LogP contribution in [0.4, 0.5) is 0 Å². The van der Waals surface area contributed by atoms with Crippen molar-refractivity contribution in [1.29, 1.82) is 0 Å². The summed E-state index contributed by atoms with van der Waals surface area (Å²) in [5.74, 6) is -1.07. The average Bonchev–Trinajstić information content (AvgIpc) is 3.12. The molecule has 4 N–H and O–H groups in total. The van der Waals surface area contributed by atoms with Crippen molar-refractivity contribution in [3.05, 3.63) is 0 Å². The van der Waals surface area contributed by atoms with Crippen LogP contribution in [-0.4, -0.2) is 29.1 Å². The van der Waals surface area contributed by atoms with Crippen molar-refractivity contribution in [2.75, 3.05) is 6.54 Å². The zero-order chi connectivity index (χ0) is 13.2. The third-order valence-electron chi connectivity index (χ3n) is 4.45. The molecule has 0 aromatic heterocycles. The lowest BCUT2D eigenvalue weighted by Crippen LogP contribution is -2.52. The Kier molecular flexibility index (Phi) is 3.61. The van der Waals surface area contributed by atoms with Gasteiger partial charge in [0.25, 0.3) is 0 Å². The largest absolute Gasteiger partial charge is 0.480 e. The number of amides is 1. The summed E-state index contributed by atoms with van der Waals surface area (Å²) in [6.45, 7) is 0.314. The second-order valence-corrected chi connectivity index (χ2v) is 5.74. The molecule has 1 amide bonds. The van der Waals surface area contributed by atoms with Crippen LogP contribution < -0.4 is 11.1 Å². The molecule has 5 nitrogen and oxygen atoms in total.